The Balaban J connectivity index is 1.33. The zero-order valence-corrected chi connectivity index (χ0v) is 22.9. The van der Waals surface area contributed by atoms with Gasteiger partial charge in [-0.05, 0) is 73.8 Å². The van der Waals surface area contributed by atoms with Gasteiger partial charge in [0.25, 0.3) is 0 Å². The van der Waals surface area contributed by atoms with E-state index in [0.717, 1.165) is 49.2 Å². The van der Waals surface area contributed by atoms with Crippen LogP contribution in [0, 0.1) is 29.6 Å². The zero-order valence-electron chi connectivity index (χ0n) is 22.9. The van der Waals surface area contributed by atoms with Gasteiger partial charge in [0.2, 0.25) is 0 Å². The molecule has 204 valence electrons. The molecule has 1 aromatic rings. The van der Waals surface area contributed by atoms with Gasteiger partial charge in [-0.3, -0.25) is 0 Å². The number of alkyl halides is 3. The summed E-state index contributed by atoms with van der Waals surface area (Å²) in [6.45, 7) is 6.62. The maximum atomic E-state index is 14.1. The predicted octanol–water partition coefficient (Wildman–Crippen LogP) is 8.78. The number of hydrogen-bond donors (Lipinski definition) is 1. The van der Waals surface area contributed by atoms with Crippen molar-refractivity contribution in [1.82, 2.24) is 9.97 Å². The molecule has 3 nitrogen and oxygen atoms in total. The smallest absolute Gasteiger partial charge is 0.343 e. The first-order valence-corrected chi connectivity index (χ1v) is 14.8. The largest absolute Gasteiger partial charge is 0.396 e. The molecule has 0 aliphatic heterocycles. The highest BCUT2D eigenvalue weighted by molar-refractivity contribution is 5.70. The molecule has 0 saturated heterocycles. The quantitative estimate of drug-likeness (QED) is 0.399. The van der Waals surface area contributed by atoms with E-state index in [4.69, 9.17) is 9.97 Å². The lowest BCUT2D eigenvalue weighted by atomic mass is 9.72. The molecule has 7 rings (SSSR count). The van der Waals surface area contributed by atoms with Crippen LogP contribution in [0.5, 0.6) is 0 Å². The summed E-state index contributed by atoms with van der Waals surface area (Å²) in [4.78, 5) is 9.80. The van der Waals surface area contributed by atoms with Crippen molar-refractivity contribution >= 4 is 11.9 Å². The summed E-state index contributed by atoms with van der Waals surface area (Å²) in [5.41, 5.74) is 8.92. The molecule has 0 amide bonds. The third kappa shape index (κ3) is 4.17. The number of hydrogen-bond acceptors (Lipinski definition) is 3. The number of halogens is 3. The minimum atomic E-state index is -4.36. The van der Waals surface area contributed by atoms with Gasteiger partial charge in [0.05, 0.1) is 17.5 Å². The first kappa shape index (κ1) is 25.1. The number of rotatable bonds is 6. The van der Waals surface area contributed by atoms with Crippen molar-refractivity contribution in [2.75, 3.05) is 5.32 Å². The van der Waals surface area contributed by atoms with E-state index in [-0.39, 0.29) is 11.7 Å². The van der Waals surface area contributed by atoms with Crippen LogP contribution < -0.4 is 5.32 Å². The molecule has 0 radical (unpaired) electrons. The zero-order chi connectivity index (χ0) is 27.1. The van der Waals surface area contributed by atoms with Gasteiger partial charge < -0.3 is 5.32 Å². The minimum Gasteiger partial charge on any atom is -0.343 e. The highest BCUT2D eigenvalue weighted by Gasteiger charge is 2.50. The molecular formula is C33H36F3N3. The summed E-state index contributed by atoms with van der Waals surface area (Å²) < 4.78 is 42.2. The van der Waals surface area contributed by atoms with Crippen molar-refractivity contribution in [2.45, 2.75) is 77.3 Å². The van der Waals surface area contributed by atoms with Crippen molar-refractivity contribution in [3.8, 4) is 0 Å². The van der Waals surface area contributed by atoms with E-state index in [1.165, 1.54) is 46.6 Å². The van der Waals surface area contributed by atoms with Gasteiger partial charge >= 0.3 is 6.18 Å². The molecule has 39 heavy (non-hydrogen) atoms. The van der Waals surface area contributed by atoms with E-state index in [2.05, 4.69) is 44.3 Å². The van der Waals surface area contributed by atoms with Gasteiger partial charge in [0.15, 0.2) is 0 Å². The molecule has 0 bridgehead atoms. The molecule has 0 spiro atoms. The molecule has 7 atom stereocenters. The van der Waals surface area contributed by atoms with Crippen molar-refractivity contribution in [1.29, 1.82) is 0 Å². The standard InChI is InChI=1S/C33H36F3N3/c1-4-17-11-18(5-2)22-13-20-14-24(20)30(26(22)12-17)38-32-29-25-16-23(25)19(6-3)15-28(29)37-31(39-32)21-9-7-8-10-27(21)33(34,35)36/h7-12,15,20-23,25-27H,4-6,13-14,16H2,1-3H3,(H,37,38,39). The second-order valence-corrected chi connectivity index (χ2v) is 12.1. The molecule has 2 fully saturated rings. The lowest BCUT2D eigenvalue weighted by molar-refractivity contribution is -0.164. The van der Waals surface area contributed by atoms with Gasteiger partial charge in [-0.25, -0.2) is 9.97 Å². The third-order valence-electron chi connectivity index (χ3n) is 9.93. The monoisotopic (exact) mass is 531 g/mol. The summed E-state index contributed by atoms with van der Waals surface area (Å²) in [7, 11) is 0. The van der Waals surface area contributed by atoms with Crippen LogP contribution in [0.15, 0.2) is 64.4 Å². The Kier molecular flexibility index (Phi) is 5.84. The van der Waals surface area contributed by atoms with E-state index < -0.39 is 18.0 Å². The number of nitrogens with zero attached hydrogens (tertiary/aromatic N) is 2. The van der Waals surface area contributed by atoms with Gasteiger partial charge in [-0.15, -0.1) is 0 Å². The minimum absolute atomic E-state index is 0.262. The van der Waals surface area contributed by atoms with E-state index in [1.807, 2.05) is 0 Å². The van der Waals surface area contributed by atoms with Crippen LogP contribution in [0.25, 0.3) is 6.08 Å². The third-order valence-corrected chi connectivity index (χ3v) is 9.93. The normalized spacial score (nSPS) is 33.8. The molecule has 6 aliphatic rings. The van der Waals surface area contributed by atoms with Gasteiger partial charge in [0.1, 0.15) is 11.6 Å². The molecule has 2 saturated carbocycles. The molecule has 1 N–H and O–H groups in total. The van der Waals surface area contributed by atoms with Gasteiger partial charge in [0, 0.05) is 17.2 Å². The molecule has 6 aliphatic carbocycles. The number of nitrogens with one attached hydrogen (secondary N) is 1. The number of aromatic nitrogens is 2. The first-order valence-electron chi connectivity index (χ1n) is 14.8. The Bertz CT molecular complexity index is 1410. The fraction of sp³-hybridized carbons (Fsp3) is 0.515. The Morgan fingerprint density at radius 2 is 1.64 bits per heavy atom. The maximum absolute atomic E-state index is 14.1. The van der Waals surface area contributed by atoms with E-state index in [1.54, 1.807) is 12.2 Å². The van der Waals surface area contributed by atoms with Gasteiger partial charge in [-0.2, -0.15) is 13.2 Å². The summed E-state index contributed by atoms with van der Waals surface area (Å²) in [6, 6.07) is 0. The van der Waals surface area contributed by atoms with Crippen LogP contribution in [-0.2, 0) is 0 Å². The van der Waals surface area contributed by atoms with Crippen molar-refractivity contribution in [3.63, 3.8) is 0 Å². The van der Waals surface area contributed by atoms with Crippen molar-refractivity contribution in [2.24, 2.45) is 29.6 Å². The molecule has 0 aromatic carbocycles. The Hall–Kier alpha value is -2.89. The van der Waals surface area contributed by atoms with E-state index in [9.17, 15) is 13.2 Å². The Morgan fingerprint density at radius 1 is 0.872 bits per heavy atom. The molecule has 1 aromatic heterocycles. The fourth-order valence-corrected chi connectivity index (χ4v) is 7.67. The fourth-order valence-electron chi connectivity index (χ4n) is 7.67. The molecule has 6 heteroatoms. The van der Waals surface area contributed by atoms with Crippen LogP contribution in [0.2, 0.25) is 0 Å². The number of allylic oxidation sites excluding steroid dienone is 10. The highest BCUT2D eigenvalue weighted by Crippen LogP contribution is 2.60. The van der Waals surface area contributed by atoms with Crippen LogP contribution in [0.3, 0.4) is 0 Å². The van der Waals surface area contributed by atoms with Crippen LogP contribution in [-0.4, -0.2) is 16.1 Å². The number of anilines is 1. The SMILES string of the molecule is CCC1=CC2C(Nc3nc(C4C=CC=CC4C(F)(F)F)nc4c3C3CC3C(CC)=C4)=C3CC3CC2C(CC)=C1. The maximum Gasteiger partial charge on any atom is 0.396 e. The van der Waals surface area contributed by atoms with E-state index in [0.29, 0.717) is 23.7 Å². The van der Waals surface area contributed by atoms with Crippen LogP contribution in [0.4, 0.5) is 19.0 Å². The van der Waals surface area contributed by atoms with Crippen LogP contribution >= 0.6 is 0 Å². The summed E-state index contributed by atoms with van der Waals surface area (Å²) in [6.07, 6.45) is 15.0. The topological polar surface area (TPSA) is 37.8 Å². The summed E-state index contributed by atoms with van der Waals surface area (Å²) in [5, 5.41) is 3.82. The Labute approximate surface area is 228 Å². The average molecular weight is 532 g/mol. The van der Waals surface area contributed by atoms with E-state index >= 15 is 0 Å². The molecule has 7 unspecified atom stereocenters. The lowest BCUT2D eigenvalue weighted by Crippen LogP contribution is -2.30. The second kappa shape index (κ2) is 9.07. The van der Waals surface area contributed by atoms with Crippen molar-refractivity contribution in [3.05, 3.63) is 81.5 Å². The van der Waals surface area contributed by atoms with Crippen molar-refractivity contribution < 1.29 is 13.2 Å². The van der Waals surface area contributed by atoms with Crippen LogP contribution in [0.1, 0.15) is 88.2 Å². The summed E-state index contributed by atoms with van der Waals surface area (Å²) in [5.74, 6) is 0.695. The average Bonchev–Trinajstić information content (AvgIpc) is 3.86. The number of fused-ring (bicyclic) bond motifs is 5. The summed E-state index contributed by atoms with van der Waals surface area (Å²) >= 11 is 0. The molecular weight excluding hydrogens is 495 g/mol. The first-order chi connectivity index (χ1) is 18.8. The highest BCUT2D eigenvalue weighted by atomic mass is 19.4. The Morgan fingerprint density at radius 3 is 2.38 bits per heavy atom. The lowest BCUT2D eigenvalue weighted by Gasteiger charge is -2.36. The van der Waals surface area contributed by atoms with Gasteiger partial charge in [-0.1, -0.05) is 73.9 Å². The molecule has 1 heterocycles. The second-order valence-electron chi connectivity index (χ2n) is 12.1. The predicted molar refractivity (Wildman–Crippen MR) is 149 cm³/mol.